The maximum atomic E-state index is 15.7. The number of halogens is 3. The van der Waals surface area contributed by atoms with E-state index >= 15 is 4.39 Å². The number of ketones is 1. The molecule has 0 bridgehead atoms. The number of nitrogens with one attached hydrogen (secondary N) is 1. The highest BCUT2D eigenvalue weighted by atomic mass is 35.5. The summed E-state index contributed by atoms with van der Waals surface area (Å²) in [4.78, 5) is 28.5. The van der Waals surface area contributed by atoms with Crippen molar-refractivity contribution in [1.82, 2.24) is 5.32 Å². The van der Waals surface area contributed by atoms with Gasteiger partial charge in [-0.2, -0.15) is 0 Å². The molecule has 1 spiro atoms. The van der Waals surface area contributed by atoms with Gasteiger partial charge in [-0.15, -0.1) is 0 Å². The molecule has 37 heavy (non-hydrogen) atoms. The Labute approximate surface area is 225 Å². The van der Waals surface area contributed by atoms with E-state index in [2.05, 4.69) is 26.1 Å². The maximum absolute atomic E-state index is 15.7. The molecule has 1 saturated carbocycles. The molecule has 0 aromatic heterocycles. The first kappa shape index (κ1) is 26.8. The summed E-state index contributed by atoms with van der Waals surface area (Å²) >= 11 is 7.18. The molecule has 3 aliphatic rings. The van der Waals surface area contributed by atoms with Gasteiger partial charge in [-0.1, -0.05) is 62.3 Å². The van der Waals surface area contributed by atoms with E-state index in [-0.39, 0.29) is 39.2 Å². The number of benzene rings is 2. The Bertz CT molecular complexity index is 1270. The van der Waals surface area contributed by atoms with Gasteiger partial charge in [0.1, 0.15) is 11.6 Å². The smallest absolute Gasteiger partial charge is 0.206 e. The zero-order valence-corrected chi connectivity index (χ0v) is 23.0. The lowest BCUT2D eigenvalue weighted by Gasteiger charge is -2.41. The first-order valence-corrected chi connectivity index (χ1v) is 13.9. The number of carbonyl (C=O) groups is 2. The van der Waals surface area contributed by atoms with Crippen molar-refractivity contribution in [1.29, 1.82) is 0 Å². The van der Waals surface area contributed by atoms with Crippen molar-refractivity contribution in [2.75, 3.05) is 0 Å². The van der Waals surface area contributed by atoms with Crippen molar-refractivity contribution >= 4 is 34.3 Å². The lowest BCUT2D eigenvalue weighted by molar-refractivity contribution is -0.126. The van der Waals surface area contributed by atoms with Crippen molar-refractivity contribution in [2.45, 2.75) is 87.3 Å². The van der Waals surface area contributed by atoms with Crippen LogP contribution in [0.5, 0.6) is 0 Å². The standard InChI is InChI=1S/C29H32ClF2NO3S/c1-27(2,3)14-22-29(18-9-8-16(31)11-21(18)37-26(29)35)23(17-6-5-7-19(30)24(17)32)25(33-22)20(34)10-15-12-28(4,36)13-15/h5-9,11,15,22-23,25,33,36H,10,12-14H2,1-4H3/t15?,22-,23+,25+,28?,29+/m1/s1. The van der Waals surface area contributed by atoms with Crippen molar-refractivity contribution in [3.8, 4) is 0 Å². The second kappa shape index (κ2) is 9.15. The fourth-order valence-corrected chi connectivity index (χ4v) is 8.25. The van der Waals surface area contributed by atoms with Gasteiger partial charge >= 0.3 is 0 Å². The van der Waals surface area contributed by atoms with E-state index in [1.165, 1.54) is 18.2 Å². The summed E-state index contributed by atoms with van der Waals surface area (Å²) in [7, 11) is 0. The molecule has 0 radical (unpaired) electrons. The number of thioether (sulfide) groups is 1. The zero-order chi connectivity index (χ0) is 26.9. The van der Waals surface area contributed by atoms with Crippen molar-refractivity contribution in [3.63, 3.8) is 0 Å². The van der Waals surface area contributed by atoms with Crippen LogP contribution in [-0.2, 0) is 15.0 Å². The van der Waals surface area contributed by atoms with Crippen LogP contribution in [0.3, 0.4) is 0 Å². The first-order valence-electron chi connectivity index (χ1n) is 12.7. The topological polar surface area (TPSA) is 66.4 Å². The fourth-order valence-electron chi connectivity index (χ4n) is 6.80. The molecule has 0 unspecified atom stereocenters. The molecule has 2 aliphatic heterocycles. The second-order valence-electron chi connectivity index (χ2n) is 12.4. The molecule has 5 rings (SSSR count). The zero-order valence-electron chi connectivity index (χ0n) is 21.4. The van der Waals surface area contributed by atoms with Crippen LogP contribution in [0.2, 0.25) is 5.02 Å². The Balaban J connectivity index is 1.69. The average Bonchev–Trinajstić information content (AvgIpc) is 3.23. The summed E-state index contributed by atoms with van der Waals surface area (Å²) in [5.41, 5.74) is -1.44. The van der Waals surface area contributed by atoms with E-state index in [1.54, 1.807) is 25.1 Å². The molecule has 0 amide bonds. The van der Waals surface area contributed by atoms with Gasteiger partial charge in [-0.05, 0) is 66.8 Å². The quantitative estimate of drug-likeness (QED) is 0.469. The predicted octanol–water partition coefficient (Wildman–Crippen LogP) is 6.17. The lowest BCUT2D eigenvalue weighted by Crippen LogP contribution is -2.48. The number of hydrogen-bond donors (Lipinski definition) is 2. The molecule has 1 aliphatic carbocycles. The van der Waals surface area contributed by atoms with E-state index in [0.717, 1.165) is 11.8 Å². The van der Waals surface area contributed by atoms with Crippen LogP contribution in [0, 0.1) is 23.0 Å². The molecule has 2 N–H and O–H groups in total. The highest BCUT2D eigenvalue weighted by molar-refractivity contribution is 8.14. The van der Waals surface area contributed by atoms with Crippen LogP contribution in [0.15, 0.2) is 41.3 Å². The normalized spacial score (nSPS) is 33.0. The lowest BCUT2D eigenvalue weighted by atomic mass is 9.62. The Morgan fingerprint density at radius 2 is 1.92 bits per heavy atom. The number of Topliss-reactive ketones (excluding diaryl/α,β-unsaturated/α-hetero) is 1. The largest absolute Gasteiger partial charge is 0.390 e. The monoisotopic (exact) mass is 547 g/mol. The minimum atomic E-state index is -1.28. The summed E-state index contributed by atoms with van der Waals surface area (Å²) < 4.78 is 30.0. The van der Waals surface area contributed by atoms with Gasteiger partial charge in [0, 0.05) is 23.3 Å². The Morgan fingerprint density at radius 1 is 1.22 bits per heavy atom. The van der Waals surface area contributed by atoms with Crippen molar-refractivity contribution < 1.29 is 23.5 Å². The number of fused-ring (bicyclic) bond motifs is 2. The number of carbonyl (C=O) groups excluding carboxylic acids is 2. The maximum Gasteiger partial charge on any atom is 0.206 e. The minimum Gasteiger partial charge on any atom is -0.390 e. The summed E-state index contributed by atoms with van der Waals surface area (Å²) in [6.45, 7) is 7.92. The van der Waals surface area contributed by atoms with Gasteiger partial charge in [-0.3, -0.25) is 9.59 Å². The van der Waals surface area contributed by atoms with E-state index in [0.29, 0.717) is 29.7 Å². The SMILES string of the molecule is CC(C)(C)C[C@H]1N[C@@H](C(=O)CC2CC(C)(O)C2)[C@H](c2cccc(Cl)c2F)[C@@]12C(=O)Sc1cc(F)ccc12. The van der Waals surface area contributed by atoms with E-state index in [9.17, 15) is 19.1 Å². The van der Waals surface area contributed by atoms with Crippen molar-refractivity contribution in [2.24, 2.45) is 11.3 Å². The Kier molecular flexibility index (Phi) is 6.62. The first-order chi connectivity index (χ1) is 17.2. The molecule has 8 heteroatoms. The molecule has 1 saturated heterocycles. The highest BCUT2D eigenvalue weighted by Crippen LogP contribution is 2.60. The van der Waals surface area contributed by atoms with Gasteiger partial charge < -0.3 is 10.4 Å². The minimum absolute atomic E-state index is 0.0295. The third-order valence-electron chi connectivity index (χ3n) is 8.11. The number of aliphatic hydroxyl groups is 1. The molecule has 2 aromatic carbocycles. The summed E-state index contributed by atoms with van der Waals surface area (Å²) in [6.07, 6.45) is 1.81. The van der Waals surface area contributed by atoms with Crippen LogP contribution < -0.4 is 5.32 Å². The van der Waals surface area contributed by atoms with Crippen LogP contribution in [0.25, 0.3) is 0 Å². The molecule has 2 heterocycles. The predicted molar refractivity (Wildman–Crippen MR) is 141 cm³/mol. The highest BCUT2D eigenvalue weighted by Gasteiger charge is 2.66. The Morgan fingerprint density at radius 3 is 2.57 bits per heavy atom. The van der Waals surface area contributed by atoms with E-state index in [4.69, 9.17) is 11.6 Å². The molecule has 2 aromatic rings. The molecular weight excluding hydrogens is 516 g/mol. The molecular formula is C29H32ClF2NO3S. The van der Waals surface area contributed by atoms with E-state index < -0.39 is 40.7 Å². The van der Waals surface area contributed by atoms with Crippen LogP contribution in [0.1, 0.15) is 70.4 Å². The average molecular weight is 548 g/mol. The molecule has 2 fully saturated rings. The summed E-state index contributed by atoms with van der Waals surface area (Å²) in [6, 6.07) is 7.64. The molecule has 198 valence electrons. The second-order valence-corrected chi connectivity index (χ2v) is 13.8. The van der Waals surface area contributed by atoms with Crippen LogP contribution in [-0.4, -0.2) is 33.7 Å². The van der Waals surface area contributed by atoms with Crippen molar-refractivity contribution in [3.05, 3.63) is 64.2 Å². The fraction of sp³-hybridized carbons (Fsp3) is 0.517. The number of hydrogen-bond acceptors (Lipinski definition) is 5. The van der Waals surface area contributed by atoms with Gasteiger partial charge in [0.05, 0.1) is 22.1 Å². The van der Waals surface area contributed by atoms with Gasteiger partial charge in [0.2, 0.25) is 5.12 Å². The third kappa shape index (κ3) is 4.56. The van der Waals surface area contributed by atoms with Gasteiger partial charge in [0.15, 0.2) is 5.78 Å². The van der Waals surface area contributed by atoms with Gasteiger partial charge in [0.25, 0.3) is 0 Å². The number of rotatable bonds is 5. The Hall–Kier alpha value is -1.80. The molecule has 4 atom stereocenters. The summed E-state index contributed by atoms with van der Waals surface area (Å²) in [5.74, 6) is -2.05. The van der Waals surface area contributed by atoms with Gasteiger partial charge in [-0.25, -0.2) is 8.78 Å². The third-order valence-corrected chi connectivity index (χ3v) is 9.48. The van der Waals surface area contributed by atoms with E-state index in [1.807, 2.05) is 0 Å². The molecule has 4 nitrogen and oxygen atoms in total. The van der Waals surface area contributed by atoms with Crippen LogP contribution in [0.4, 0.5) is 8.78 Å². The summed E-state index contributed by atoms with van der Waals surface area (Å²) in [5, 5.41) is 13.4. The van der Waals surface area contributed by atoms with Crippen LogP contribution >= 0.6 is 23.4 Å².